The molecular formula is C13H19NO2S. The summed E-state index contributed by atoms with van der Waals surface area (Å²) in [5.41, 5.74) is 0.496. The van der Waals surface area contributed by atoms with Crippen LogP contribution in [0.5, 0.6) is 0 Å². The first-order chi connectivity index (χ1) is 7.90. The van der Waals surface area contributed by atoms with E-state index in [9.17, 15) is 4.79 Å². The molecule has 1 rings (SSSR count). The monoisotopic (exact) mass is 253 g/mol. The van der Waals surface area contributed by atoms with Crippen molar-refractivity contribution in [2.75, 3.05) is 18.1 Å². The maximum absolute atomic E-state index is 11.5. The number of benzene rings is 1. The minimum atomic E-state index is -0.429. The summed E-state index contributed by atoms with van der Waals surface area (Å²) in [7, 11) is 0. The summed E-state index contributed by atoms with van der Waals surface area (Å²) < 4.78 is 5.20. The molecule has 0 aromatic heterocycles. The van der Waals surface area contributed by atoms with Gasteiger partial charge in [-0.2, -0.15) is 0 Å². The van der Waals surface area contributed by atoms with Gasteiger partial charge >= 0.3 is 5.97 Å². The Morgan fingerprint density at radius 1 is 1.29 bits per heavy atom. The number of anilines is 1. The Hall–Kier alpha value is -1.16. The fourth-order valence-electron chi connectivity index (χ4n) is 1.26. The van der Waals surface area contributed by atoms with Crippen LogP contribution in [0.15, 0.2) is 29.2 Å². The van der Waals surface area contributed by atoms with E-state index in [-0.39, 0.29) is 12.5 Å². The number of hydrogen-bond donors (Lipinski definition) is 1. The van der Waals surface area contributed by atoms with Gasteiger partial charge in [-0.3, -0.25) is 4.79 Å². The van der Waals surface area contributed by atoms with E-state index in [2.05, 4.69) is 5.32 Å². The molecule has 3 nitrogen and oxygen atoms in total. The molecule has 1 aromatic rings. The molecule has 1 aromatic carbocycles. The lowest BCUT2D eigenvalue weighted by Crippen LogP contribution is -2.28. The highest BCUT2D eigenvalue weighted by atomic mass is 32.2. The van der Waals surface area contributed by atoms with Gasteiger partial charge in [-0.05, 0) is 51.3 Å². The van der Waals surface area contributed by atoms with Gasteiger partial charge in [0, 0.05) is 10.6 Å². The Kier molecular flexibility index (Phi) is 4.87. The highest BCUT2D eigenvalue weighted by Gasteiger charge is 2.15. The summed E-state index contributed by atoms with van der Waals surface area (Å²) in [6.07, 6.45) is 2.03. The van der Waals surface area contributed by atoms with Crippen LogP contribution in [0.4, 0.5) is 5.69 Å². The van der Waals surface area contributed by atoms with Crippen molar-refractivity contribution in [3.63, 3.8) is 0 Å². The molecular weight excluding hydrogens is 234 g/mol. The predicted molar refractivity (Wildman–Crippen MR) is 72.6 cm³/mol. The van der Waals surface area contributed by atoms with Crippen LogP contribution in [-0.4, -0.2) is 24.4 Å². The largest absolute Gasteiger partial charge is 0.459 e. The normalized spacial score (nSPS) is 11.1. The Morgan fingerprint density at radius 2 is 1.88 bits per heavy atom. The Balaban J connectivity index is 2.42. The van der Waals surface area contributed by atoms with Crippen LogP contribution in [0.25, 0.3) is 0 Å². The lowest BCUT2D eigenvalue weighted by atomic mass is 10.2. The van der Waals surface area contributed by atoms with E-state index in [1.807, 2.05) is 51.3 Å². The topological polar surface area (TPSA) is 38.3 Å². The molecule has 0 amide bonds. The lowest BCUT2D eigenvalue weighted by molar-refractivity contribution is -0.152. The maximum Gasteiger partial charge on any atom is 0.325 e. The van der Waals surface area contributed by atoms with Gasteiger partial charge in [0.15, 0.2) is 0 Å². The third-order valence-electron chi connectivity index (χ3n) is 1.95. The Bertz CT molecular complexity index is 368. The quantitative estimate of drug-likeness (QED) is 0.661. The molecule has 0 saturated carbocycles. The second-order valence-corrected chi connectivity index (χ2v) is 5.55. The number of esters is 1. The van der Waals surface area contributed by atoms with E-state index in [0.717, 1.165) is 5.69 Å². The number of carbonyl (C=O) groups excluding carboxylic acids is 1. The van der Waals surface area contributed by atoms with Crippen LogP contribution in [0.3, 0.4) is 0 Å². The smallest absolute Gasteiger partial charge is 0.325 e. The van der Waals surface area contributed by atoms with E-state index in [1.165, 1.54) is 4.90 Å². The second kappa shape index (κ2) is 5.96. The summed E-state index contributed by atoms with van der Waals surface area (Å²) in [4.78, 5) is 12.7. The zero-order valence-corrected chi connectivity index (χ0v) is 11.6. The van der Waals surface area contributed by atoms with Crippen LogP contribution in [0, 0.1) is 0 Å². The first kappa shape index (κ1) is 13.9. The van der Waals surface area contributed by atoms with Crippen LogP contribution >= 0.6 is 11.8 Å². The second-order valence-electron chi connectivity index (χ2n) is 4.67. The summed E-state index contributed by atoms with van der Waals surface area (Å²) in [6, 6.07) is 7.94. The van der Waals surface area contributed by atoms with Gasteiger partial charge in [0.1, 0.15) is 12.1 Å². The number of ether oxygens (including phenoxy) is 1. The molecule has 1 N–H and O–H groups in total. The van der Waals surface area contributed by atoms with Crippen molar-refractivity contribution < 1.29 is 9.53 Å². The maximum atomic E-state index is 11.5. The number of nitrogens with one attached hydrogen (secondary N) is 1. The Labute approximate surface area is 107 Å². The number of rotatable bonds is 4. The average molecular weight is 253 g/mol. The predicted octanol–water partition coefficient (Wildman–Crippen LogP) is 3.16. The molecule has 0 bridgehead atoms. The highest BCUT2D eigenvalue weighted by molar-refractivity contribution is 7.98. The van der Waals surface area contributed by atoms with Crippen LogP contribution in [0.1, 0.15) is 20.8 Å². The molecule has 0 unspecified atom stereocenters. The fraction of sp³-hybridized carbons (Fsp3) is 0.462. The van der Waals surface area contributed by atoms with Gasteiger partial charge in [0.25, 0.3) is 0 Å². The number of thioether (sulfide) groups is 1. The third-order valence-corrected chi connectivity index (χ3v) is 2.69. The van der Waals surface area contributed by atoms with Crippen LogP contribution in [-0.2, 0) is 9.53 Å². The van der Waals surface area contributed by atoms with E-state index in [4.69, 9.17) is 4.74 Å². The molecule has 0 aliphatic rings. The van der Waals surface area contributed by atoms with Gasteiger partial charge in [-0.15, -0.1) is 11.8 Å². The summed E-state index contributed by atoms with van der Waals surface area (Å²) in [6.45, 7) is 5.77. The van der Waals surface area contributed by atoms with Crippen LogP contribution < -0.4 is 5.32 Å². The van der Waals surface area contributed by atoms with Crippen molar-refractivity contribution in [3.8, 4) is 0 Å². The molecule has 17 heavy (non-hydrogen) atoms. The SMILES string of the molecule is CSc1ccc(NCC(=O)OC(C)(C)C)cc1. The van der Waals surface area contributed by atoms with Gasteiger partial charge in [-0.1, -0.05) is 0 Å². The van der Waals surface area contributed by atoms with Gasteiger partial charge in [0.2, 0.25) is 0 Å². The molecule has 0 spiro atoms. The van der Waals surface area contributed by atoms with Gasteiger partial charge in [-0.25, -0.2) is 0 Å². The zero-order chi connectivity index (χ0) is 12.9. The molecule has 0 atom stereocenters. The summed E-state index contributed by atoms with van der Waals surface area (Å²) in [5.74, 6) is -0.244. The van der Waals surface area contributed by atoms with Gasteiger partial charge < -0.3 is 10.1 Å². The first-order valence-corrected chi connectivity index (χ1v) is 6.73. The van der Waals surface area contributed by atoms with Gasteiger partial charge in [0.05, 0.1) is 0 Å². The zero-order valence-electron chi connectivity index (χ0n) is 10.7. The first-order valence-electron chi connectivity index (χ1n) is 5.50. The van der Waals surface area contributed by atoms with Crippen LogP contribution in [0.2, 0.25) is 0 Å². The standard InChI is InChI=1S/C13H19NO2S/c1-13(2,3)16-12(15)9-14-10-5-7-11(17-4)8-6-10/h5-8,14H,9H2,1-4H3. The van der Waals surface area contributed by atoms with E-state index >= 15 is 0 Å². The summed E-state index contributed by atoms with van der Waals surface area (Å²) >= 11 is 1.69. The molecule has 0 aliphatic heterocycles. The number of hydrogen-bond acceptors (Lipinski definition) is 4. The summed E-state index contributed by atoms with van der Waals surface area (Å²) in [5, 5.41) is 3.03. The minimum Gasteiger partial charge on any atom is -0.459 e. The molecule has 0 aliphatic carbocycles. The van der Waals surface area contributed by atoms with Crippen molar-refractivity contribution in [2.24, 2.45) is 0 Å². The van der Waals surface area contributed by atoms with E-state index < -0.39 is 5.60 Å². The number of carbonyl (C=O) groups is 1. The average Bonchev–Trinajstić information content (AvgIpc) is 2.25. The Morgan fingerprint density at radius 3 is 2.35 bits per heavy atom. The minimum absolute atomic E-state index is 0.190. The molecule has 0 heterocycles. The molecule has 0 saturated heterocycles. The molecule has 0 fully saturated rings. The lowest BCUT2D eigenvalue weighted by Gasteiger charge is -2.19. The molecule has 4 heteroatoms. The van der Waals surface area contributed by atoms with E-state index in [0.29, 0.717) is 0 Å². The van der Waals surface area contributed by atoms with Crippen molar-refractivity contribution in [1.82, 2.24) is 0 Å². The molecule has 94 valence electrons. The van der Waals surface area contributed by atoms with Crippen molar-refractivity contribution >= 4 is 23.4 Å². The molecule has 0 radical (unpaired) electrons. The van der Waals surface area contributed by atoms with Crippen molar-refractivity contribution in [1.29, 1.82) is 0 Å². The van der Waals surface area contributed by atoms with Crippen molar-refractivity contribution in [3.05, 3.63) is 24.3 Å². The third kappa shape index (κ3) is 5.63. The van der Waals surface area contributed by atoms with E-state index in [1.54, 1.807) is 11.8 Å². The fourth-order valence-corrected chi connectivity index (χ4v) is 1.67. The highest BCUT2D eigenvalue weighted by Crippen LogP contribution is 2.17. The van der Waals surface area contributed by atoms with Crippen molar-refractivity contribution in [2.45, 2.75) is 31.3 Å².